The number of likely N-dealkylation sites (tertiary alicyclic amines) is 2. The van der Waals surface area contributed by atoms with Crippen molar-refractivity contribution in [2.75, 3.05) is 39.3 Å². The first-order valence-corrected chi connectivity index (χ1v) is 9.05. The molecule has 0 saturated carbocycles. The number of nitrogens with zero attached hydrogens (tertiary/aromatic N) is 3. The highest BCUT2D eigenvalue weighted by atomic mass is 16.5. The quantitative estimate of drug-likeness (QED) is 0.828. The Morgan fingerprint density at radius 2 is 2.13 bits per heavy atom. The molecule has 0 aliphatic carbocycles. The van der Waals surface area contributed by atoms with Crippen molar-refractivity contribution >= 4 is 0 Å². The summed E-state index contributed by atoms with van der Waals surface area (Å²) in [6, 6.07) is 4.43. The summed E-state index contributed by atoms with van der Waals surface area (Å²) in [4.78, 5) is 9.34. The molecule has 0 spiro atoms. The Hall–Kier alpha value is -1.17. The van der Waals surface area contributed by atoms with Gasteiger partial charge in [-0.3, -0.25) is 9.88 Å². The number of hydrogen-bond donors (Lipinski definition) is 0. The predicted molar refractivity (Wildman–Crippen MR) is 88.7 cm³/mol. The van der Waals surface area contributed by atoms with Crippen LogP contribution in [0.1, 0.15) is 25.7 Å². The predicted octanol–water partition coefficient (Wildman–Crippen LogP) is 1.79. The Kier molecular flexibility index (Phi) is 4.78. The molecule has 3 fully saturated rings. The molecule has 3 saturated heterocycles. The lowest BCUT2D eigenvalue weighted by molar-refractivity contribution is -0.0469. The minimum atomic E-state index is 0.128. The first-order valence-electron chi connectivity index (χ1n) is 9.05. The van der Waals surface area contributed by atoms with Gasteiger partial charge in [0.25, 0.3) is 0 Å². The van der Waals surface area contributed by atoms with Gasteiger partial charge in [0.15, 0.2) is 0 Å². The van der Waals surface area contributed by atoms with Crippen LogP contribution >= 0.6 is 0 Å². The maximum Gasteiger partial charge on any atom is 0.139 e. The number of ether oxygens (including phenoxy) is 2. The van der Waals surface area contributed by atoms with E-state index in [9.17, 15) is 0 Å². The Balaban J connectivity index is 1.39. The van der Waals surface area contributed by atoms with Gasteiger partial charge in [0, 0.05) is 38.5 Å². The monoisotopic (exact) mass is 317 g/mol. The average molecular weight is 317 g/mol. The second-order valence-electron chi connectivity index (χ2n) is 6.93. The van der Waals surface area contributed by atoms with Gasteiger partial charge >= 0.3 is 0 Å². The summed E-state index contributed by atoms with van der Waals surface area (Å²) >= 11 is 0. The van der Waals surface area contributed by atoms with Gasteiger partial charge < -0.3 is 14.4 Å². The van der Waals surface area contributed by atoms with Crippen LogP contribution in [0, 0.1) is 0 Å². The molecule has 4 heterocycles. The lowest BCUT2D eigenvalue weighted by atomic mass is 10.0. The molecule has 0 bridgehead atoms. The third kappa shape index (κ3) is 3.52. The maximum atomic E-state index is 6.20. The molecule has 126 valence electrons. The molecular formula is C18H27N3O2. The van der Waals surface area contributed by atoms with Crippen molar-refractivity contribution in [3.63, 3.8) is 0 Å². The van der Waals surface area contributed by atoms with Gasteiger partial charge in [0.05, 0.1) is 6.20 Å². The van der Waals surface area contributed by atoms with Crippen LogP contribution in [0.3, 0.4) is 0 Å². The van der Waals surface area contributed by atoms with E-state index in [-0.39, 0.29) is 12.2 Å². The van der Waals surface area contributed by atoms with Crippen LogP contribution in [0.15, 0.2) is 24.5 Å². The van der Waals surface area contributed by atoms with Gasteiger partial charge in [0.2, 0.25) is 0 Å². The molecule has 1 aromatic rings. The summed E-state index contributed by atoms with van der Waals surface area (Å²) in [7, 11) is 0. The van der Waals surface area contributed by atoms with E-state index in [1.165, 1.54) is 45.3 Å². The molecule has 4 rings (SSSR count). The van der Waals surface area contributed by atoms with Crippen molar-refractivity contribution in [3.8, 4) is 5.75 Å². The van der Waals surface area contributed by atoms with Crippen molar-refractivity contribution in [2.45, 2.75) is 43.9 Å². The number of pyridine rings is 1. The Morgan fingerprint density at radius 3 is 2.96 bits per heavy atom. The standard InChI is InChI=1S/C18H27N3O2/c1-2-9-20(8-1)10-11-21-14-17(18-16(21)6-4-12-22-18)23-15-5-3-7-19-13-15/h3,5,7,13,16-18H,1-2,4,6,8-12,14H2/t16-,17+,18+/m1/s1. The molecule has 5 nitrogen and oxygen atoms in total. The van der Waals surface area contributed by atoms with Crippen LogP contribution < -0.4 is 4.74 Å². The summed E-state index contributed by atoms with van der Waals surface area (Å²) in [6.45, 7) is 6.70. The van der Waals surface area contributed by atoms with E-state index >= 15 is 0 Å². The highest BCUT2D eigenvalue weighted by Crippen LogP contribution is 2.31. The van der Waals surface area contributed by atoms with Crippen LogP contribution in [0.4, 0.5) is 0 Å². The highest BCUT2D eigenvalue weighted by Gasteiger charge is 2.45. The average Bonchev–Trinajstić information content (AvgIpc) is 3.23. The summed E-state index contributed by atoms with van der Waals surface area (Å²) in [5.74, 6) is 0.854. The molecular weight excluding hydrogens is 290 g/mol. The van der Waals surface area contributed by atoms with Crippen LogP contribution in [0.25, 0.3) is 0 Å². The number of fused-ring (bicyclic) bond motifs is 1. The first kappa shape index (κ1) is 15.4. The highest BCUT2D eigenvalue weighted by molar-refractivity contribution is 5.17. The summed E-state index contributed by atoms with van der Waals surface area (Å²) < 4.78 is 12.3. The van der Waals surface area contributed by atoms with E-state index in [0.717, 1.165) is 25.4 Å². The lowest BCUT2D eigenvalue weighted by Crippen LogP contribution is -2.44. The zero-order valence-corrected chi connectivity index (χ0v) is 13.8. The van der Waals surface area contributed by atoms with Crippen molar-refractivity contribution in [3.05, 3.63) is 24.5 Å². The molecule has 0 N–H and O–H groups in total. The molecule has 5 heteroatoms. The SMILES string of the molecule is c1cncc(O[C@H]2CN(CCN3CCCC3)[C@@H]3CCCO[C@H]23)c1. The van der Waals surface area contributed by atoms with Crippen LogP contribution in [-0.4, -0.2) is 72.4 Å². The molecule has 3 aliphatic rings. The largest absolute Gasteiger partial charge is 0.485 e. The third-order valence-electron chi connectivity index (χ3n) is 5.41. The second kappa shape index (κ2) is 7.16. The molecule has 0 unspecified atom stereocenters. The van der Waals surface area contributed by atoms with Gasteiger partial charge in [-0.2, -0.15) is 0 Å². The van der Waals surface area contributed by atoms with E-state index in [1.54, 1.807) is 12.4 Å². The zero-order chi connectivity index (χ0) is 15.5. The van der Waals surface area contributed by atoms with Crippen molar-refractivity contribution in [1.82, 2.24) is 14.8 Å². The van der Waals surface area contributed by atoms with Crippen molar-refractivity contribution < 1.29 is 9.47 Å². The molecule has 23 heavy (non-hydrogen) atoms. The van der Waals surface area contributed by atoms with Gasteiger partial charge in [0.1, 0.15) is 18.0 Å². The van der Waals surface area contributed by atoms with Crippen LogP contribution in [0.5, 0.6) is 5.75 Å². The van der Waals surface area contributed by atoms with Gasteiger partial charge in [-0.05, 0) is 50.9 Å². The van der Waals surface area contributed by atoms with Gasteiger partial charge in [-0.1, -0.05) is 0 Å². The van der Waals surface area contributed by atoms with E-state index < -0.39 is 0 Å². The second-order valence-corrected chi connectivity index (χ2v) is 6.93. The Morgan fingerprint density at radius 1 is 1.22 bits per heavy atom. The first-order chi connectivity index (χ1) is 11.4. The molecule has 0 aromatic carbocycles. The molecule has 3 atom stereocenters. The Labute approximate surface area is 138 Å². The van der Waals surface area contributed by atoms with E-state index in [1.807, 2.05) is 12.1 Å². The Bertz CT molecular complexity index is 492. The number of rotatable bonds is 5. The minimum absolute atomic E-state index is 0.128. The topological polar surface area (TPSA) is 37.8 Å². The van der Waals surface area contributed by atoms with Crippen LogP contribution in [-0.2, 0) is 4.74 Å². The van der Waals surface area contributed by atoms with Crippen molar-refractivity contribution in [2.24, 2.45) is 0 Å². The number of hydrogen-bond acceptors (Lipinski definition) is 5. The van der Waals surface area contributed by atoms with E-state index in [2.05, 4.69) is 14.8 Å². The maximum absolute atomic E-state index is 6.20. The van der Waals surface area contributed by atoms with Crippen LogP contribution in [0.2, 0.25) is 0 Å². The summed E-state index contributed by atoms with van der Waals surface area (Å²) in [5.41, 5.74) is 0. The molecule has 0 radical (unpaired) electrons. The third-order valence-corrected chi connectivity index (χ3v) is 5.41. The fourth-order valence-corrected chi connectivity index (χ4v) is 4.23. The lowest BCUT2D eigenvalue weighted by Gasteiger charge is -2.32. The smallest absolute Gasteiger partial charge is 0.139 e. The molecule has 0 amide bonds. The summed E-state index contributed by atoms with van der Waals surface area (Å²) in [6.07, 6.45) is 9.04. The normalized spacial score (nSPS) is 32.1. The fraction of sp³-hybridized carbons (Fsp3) is 0.722. The number of aromatic nitrogens is 1. The van der Waals surface area contributed by atoms with Crippen molar-refractivity contribution in [1.29, 1.82) is 0 Å². The minimum Gasteiger partial charge on any atom is -0.485 e. The molecule has 3 aliphatic heterocycles. The van der Waals surface area contributed by atoms with E-state index in [0.29, 0.717) is 6.04 Å². The van der Waals surface area contributed by atoms with Gasteiger partial charge in [-0.15, -0.1) is 0 Å². The fourth-order valence-electron chi connectivity index (χ4n) is 4.23. The van der Waals surface area contributed by atoms with E-state index in [4.69, 9.17) is 9.47 Å². The zero-order valence-electron chi connectivity index (χ0n) is 13.8. The van der Waals surface area contributed by atoms with Gasteiger partial charge in [-0.25, -0.2) is 0 Å². The summed E-state index contributed by atoms with van der Waals surface area (Å²) in [5, 5.41) is 0. The molecule has 1 aromatic heterocycles.